The summed E-state index contributed by atoms with van der Waals surface area (Å²) in [5.41, 5.74) is 21.7. The van der Waals surface area contributed by atoms with Crippen LogP contribution in [-0.2, 0) is 24.0 Å². The fourth-order valence-electron chi connectivity index (χ4n) is 19.6. The molecule has 13 nitrogen and oxygen atoms in total. The molecule has 6 heterocycles. The van der Waals surface area contributed by atoms with Crippen LogP contribution in [0.25, 0.3) is 99.6 Å². The van der Waals surface area contributed by atoms with E-state index in [9.17, 15) is 24.0 Å². The van der Waals surface area contributed by atoms with Gasteiger partial charge in [-0.25, -0.2) is 0 Å². The molecule has 0 saturated carbocycles. The highest BCUT2D eigenvalue weighted by atomic mass is 16.3. The number of hydrogen-bond donors (Lipinski definition) is 0. The van der Waals surface area contributed by atoms with Gasteiger partial charge in [0.05, 0.1) is 5.92 Å². The molecule has 502 valence electrons. The molecule has 0 fully saturated rings. The number of carbonyl (C=O) groups excluding carboxylic acids is 7. The van der Waals surface area contributed by atoms with E-state index in [1.54, 1.807) is 4.90 Å². The molecule has 7 amide bonds. The first-order valence-electron chi connectivity index (χ1n) is 35.9. The maximum atomic E-state index is 15.1. The minimum absolute atomic E-state index is 0.0839. The number of furan rings is 2. The minimum atomic E-state index is -0.791. The molecule has 7 aromatic carbocycles. The van der Waals surface area contributed by atoms with Crippen LogP contribution in [0.2, 0.25) is 0 Å². The second kappa shape index (κ2) is 20.7. The van der Waals surface area contributed by atoms with Crippen molar-refractivity contribution in [2.75, 3.05) is 0 Å². The molecule has 104 heavy (non-hydrogen) atoms. The Morgan fingerprint density at radius 3 is 1.51 bits per heavy atom. The SMILES string of the molecule is C=C1C2C=CC3=c4c2c(ccc4=C2C(c4ccc(-c5c6oc7ccccc7c6c(-c6ccc(C7=CC8C(=O)N(C(C)C)C(=O)c9ccc%10c(c98)=C7C7=CC=C8C(=O)N(C(C)C)C(=O)C9=C8C7C=%10C=C9)cc6)c6oc7ccccc7c56)cc4)=CC4=C5C(=CC=C3C52)C(=O)N(C(C)C)C4=O)C(=O)N1C(C)C. The number of imide groups is 3. The van der Waals surface area contributed by atoms with E-state index in [0.717, 1.165) is 132 Å². The lowest BCUT2D eigenvalue weighted by Gasteiger charge is -2.44. The normalized spacial score (nSPS) is 21.6. The number of hydrogen-bond acceptors (Lipinski definition) is 9. The quantitative estimate of drug-likeness (QED) is 0.135. The van der Waals surface area contributed by atoms with Gasteiger partial charge in [0.25, 0.3) is 35.4 Å². The van der Waals surface area contributed by atoms with E-state index in [4.69, 9.17) is 8.83 Å². The molecule has 4 atom stereocenters. The summed E-state index contributed by atoms with van der Waals surface area (Å²) in [5, 5.41) is 7.05. The van der Waals surface area contributed by atoms with Crippen LogP contribution in [0.1, 0.15) is 110 Å². The second-order valence-corrected chi connectivity index (χ2v) is 30.3. The molecular formula is C91H64N4O9. The summed E-state index contributed by atoms with van der Waals surface area (Å²) in [6.45, 7) is 19.7. The Bertz CT molecular complexity index is 6540. The summed E-state index contributed by atoms with van der Waals surface area (Å²) in [4.78, 5) is 109. The highest BCUT2D eigenvalue weighted by Crippen LogP contribution is 2.58. The van der Waals surface area contributed by atoms with Crippen LogP contribution in [0.15, 0.2) is 248 Å². The topological polar surface area (TPSA) is 159 Å². The van der Waals surface area contributed by atoms with Gasteiger partial charge in [0, 0.05) is 114 Å². The van der Waals surface area contributed by atoms with Crippen molar-refractivity contribution in [1.82, 2.24) is 19.6 Å². The monoisotopic (exact) mass is 1360 g/mol. The van der Waals surface area contributed by atoms with E-state index in [0.29, 0.717) is 72.5 Å². The highest BCUT2D eigenvalue weighted by Gasteiger charge is 2.52. The first-order valence-corrected chi connectivity index (χ1v) is 35.9. The molecule has 4 aliphatic heterocycles. The lowest BCUT2D eigenvalue weighted by Crippen LogP contribution is -2.54. The van der Waals surface area contributed by atoms with Crippen LogP contribution in [-0.4, -0.2) is 85.1 Å². The molecule has 0 N–H and O–H groups in total. The smallest absolute Gasteiger partial charge is 0.261 e. The van der Waals surface area contributed by atoms with Gasteiger partial charge in [-0.2, -0.15) is 0 Å². The molecule has 21 rings (SSSR count). The number of nitrogens with zero attached hydrogens (tertiary/aromatic N) is 4. The van der Waals surface area contributed by atoms with Gasteiger partial charge < -0.3 is 13.7 Å². The van der Waals surface area contributed by atoms with Crippen molar-refractivity contribution in [1.29, 1.82) is 0 Å². The van der Waals surface area contributed by atoms with Crippen LogP contribution >= 0.6 is 0 Å². The van der Waals surface area contributed by atoms with E-state index < -0.39 is 29.8 Å². The molecule has 13 heteroatoms. The lowest BCUT2D eigenvalue weighted by molar-refractivity contribution is -0.144. The van der Waals surface area contributed by atoms with E-state index in [-0.39, 0.29) is 59.4 Å². The Kier molecular flexibility index (Phi) is 12.0. The van der Waals surface area contributed by atoms with Gasteiger partial charge in [0.1, 0.15) is 22.3 Å². The summed E-state index contributed by atoms with van der Waals surface area (Å²) < 4.78 is 14.4. The van der Waals surface area contributed by atoms with Gasteiger partial charge in [-0.05, 0) is 214 Å². The molecule has 9 aromatic rings. The van der Waals surface area contributed by atoms with Crippen molar-refractivity contribution >= 4 is 119 Å². The van der Waals surface area contributed by atoms with Crippen molar-refractivity contribution in [3.8, 4) is 22.3 Å². The molecule has 12 aliphatic rings. The number of carbonyl (C=O) groups is 7. The maximum Gasteiger partial charge on any atom is 0.261 e. The van der Waals surface area contributed by atoms with Crippen LogP contribution in [0, 0.1) is 11.8 Å². The predicted molar refractivity (Wildman–Crippen MR) is 401 cm³/mol. The van der Waals surface area contributed by atoms with Gasteiger partial charge in [-0.3, -0.25) is 48.3 Å². The lowest BCUT2D eigenvalue weighted by atomic mass is 9.62. The second-order valence-electron chi connectivity index (χ2n) is 30.3. The van der Waals surface area contributed by atoms with Gasteiger partial charge in [-0.1, -0.05) is 140 Å². The van der Waals surface area contributed by atoms with E-state index in [1.807, 2.05) is 153 Å². The van der Waals surface area contributed by atoms with Crippen LogP contribution in [0.5, 0.6) is 0 Å². The molecule has 0 bridgehead atoms. The summed E-state index contributed by atoms with van der Waals surface area (Å²) in [7, 11) is 0. The Morgan fingerprint density at radius 1 is 0.413 bits per heavy atom. The average molecular weight is 1360 g/mol. The molecule has 0 spiro atoms. The number of allylic oxidation sites excluding steroid dienone is 11. The van der Waals surface area contributed by atoms with Crippen LogP contribution in [0.3, 0.4) is 0 Å². The van der Waals surface area contributed by atoms with Crippen molar-refractivity contribution in [2.45, 2.75) is 91.4 Å². The standard InChI is InChI=1S/C91H64N4O9/c1-40(2)92-44(9)49-26-27-50-52-29-34-61-77-65(90(101)94(42(5)6)88(61)99)38-63(74(79(52)77)56-31-36-58(85(92)96)71(49)72(50)56)45-18-22-47(23-19-45)69-81-54-14-10-12-16-67(54)104-84(81)70(82-55-15-11-13-17-68(55)103-83(69)82)48-24-20-46(21-25-48)64-39-66-78-62(89(100)95(43(7)8)91(66)102)35-30-53-51-28-33-59-76-60(87(98)93(41(3)4)86(59)97)37-32-57(73(51)76)75(64)80(53)78/h10-43,49,66,73,79H,9H2,1-8H3. The van der Waals surface area contributed by atoms with Crippen LogP contribution in [0.4, 0.5) is 0 Å². The predicted octanol–water partition coefficient (Wildman–Crippen LogP) is 13.8. The summed E-state index contributed by atoms with van der Waals surface area (Å²) in [6.07, 6.45) is 19.9. The zero-order valence-electron chi connectivity index (χ0n) is 58.1. The first kappa shape index (κ1) is 60.4. The summed E-state index contributed by atoms with van der Waals surface area (Å²) in [6, 6.07) is 39.6. The number of amides is 7. The van der Waals surface area contributed by atoms with Crippen molar-refractivity contribution in [3.63, 3.8) is 0 Å². The number of rotatable bonds is 8. The van der Waals surface area contributed by atoms with Gasteiger partial charge in [0.2, 0.25) is 5.91 Å². The van der Waals surface area contributed by atoms with E-state index in [1.165, 1.54) is 14.7 Å². The maximum absolute atomic E-state index is 15.1. The fraction of sp³-hybridized carbons (Fsp3) is 0.176. The minimum Gasteiger partial charge on any atom is -0.455 e. The Morgan fingerprint density at radius 2 is 0.923 bits per heavy atom. The highest BCUT2D eigenvalue weighted by molar-refractivity contribution is 6.31. The largest absolute Gasteiger partial charge is 0.455 e. The van der Waals surface area contributed by atoms with E-state index in [2.05, 4.69) is 91.5 Å². The summed E-state index contributed by atoms with van der Waals surface area (Å²) >= 11 is 0. The third kappa shape index (κ3) is 7.44. The molecule has 0 saturated heterocycles. The molecule has 2 aromatic heterocycles. The van der Waals surface area contributed by atoms with Crippen molar-refractivity contribution in [2.24, 2.45) is 11.8 Å². The zero-order valence-corrected chi connectivity index (χ0v) is 58.1. The number of para-hydroxylation sites is 2. The van der Waals surface area contributed by atoms with E-state index >= 15 is 9.59 Å². The van der Waals surface area contributed by atoms with Crippen molar-refractivity contribution < 1.29 is 42.4 Å². The first-order chi connectivity index (χ1) is 50.3. The third-order valence-electron chi connectivity index (χ3n) is 23.8. The van der Waals surface area contributed by atoms with Crippen LogP contribution < -0.4 is 20.9 Å². The van der Waals surface area contributed by atoms with Gasteiger partial charge in [-0.15, -0.1) is 0 Å². The Labute approximate surface area is 596 Å². The van der Waals surface area contributed by atoms with Crippen molar-refractivity contribution in [3.05, 3.63) is 293 Å². The molecule has 0 radical (unpaired) electrons. The number of benzene rings is 7. The Balaban J connectivity index is 0.753. The Hall–Kier alpha value is -12.4. The van der Waals surface area contributed by atoms with Gasteiger partial charge >= 0.3 is 0 Å². The third-order valence-corrected chi connectivity index (χ3v) is 23.8. The zero-order chi connectivity index (χ0) is 71.0. The molecular weight excluding hydrogens is 1290 g/mol. The molecule has 4 unspecified atom stereocenters. The fourth-order valence-corrected chi connectivity index (χ4v) is 19.6. The number of fused-ring (bicyclic) bond motifs is 8. The average Bonchev–Trinajstić information content (AvgIpc) is 0.855. The molecule has 8 aliphatic carbocycles. The van der Waals surface area contributed by atoms with Gasteiger partial charge in [0.15, 0.2) is 0 Å². The summed E-state index contributed by atoms with van der Waals surface area (Å²) in [5.74, 6) is -4.00.